The Morgan fingerprint density at radius 2 is 1.71 bits per heavy atom. The van der Waals surface area contributed by atoms with Crippen LogP contribution < -0.4 is 9.47 Å². The van der Waals surface area contributed by atoms with Crippen molar-refractivity contribution in [1.82, 2.24) is 4.90 Å². The molecule has 0 radical (unpaired) electrons. The Kier molecular flexibility index (Phi) is 6.91. The first-order chi connectivity index (χ1) is 13.3. The summed E-state index contributed by atoms with van der Waals surface area (Å²) in [5, 5.41) is 20.1. The summed E-state index contributed by atoms with van der Waals surface area (Å²) in [7, 11) is 2.97. The second kappa shape index (κ2) is 9.36. The number of rotatable bonds is 9. The van der Waals surface area contributed by atoms with Crippen LogP contribution in [0.25, 0.3) is 0 Å². The number of hydrogen-bond acceptors (Lipinski definition) is 6. The van der Waals surface area contributed by atoms with Gasteiger partial charge in [0, 0.05) is 24.7 Å². The highest BCUT2D eigenvalue weighted by Gasteiger charge is 2.19. The number of non-ortho nitro benzene ring substituents is 1. The minimum atomic E-state index is -1.16. The number of carbonyl (C=O) groups excluding carboxylic acids is 1. The lowest BCUT2D eigenvalue weighted by Gasteiger charge is -2.21. The molecule has 2 rings (SSSR count). The average molecular weight is 388 g/mol. The van der Waals surface area contributed by atoms with Crippen molar-refractivity contribution in [2.75, 3.05) is 20.8 Å². The Balaban J connectivity index is 2.23. The number of methoxy groups -OCH3 is 2. The summed E-state index contributed by atoms with van der Waals surface area (Å²) in [5.74, 6) is -0.613. The van der Waals surface area contributed by atoms with Gasteiger partial charge in [-0.2, -0.15) is 0 Å². The van der Waals surface area contributed by atoms with Crippen molar-refractivity contribution < 1.29 is 29.1 Å². The fraction of sp³-hybridized carbons (Fsp3) is 0.263. The maximum absolute atomic E-state index is 12.7. The summed E-state index contributed by atoms with van der Waals surface area (Å²) in [6.07, 6.45) is -0.157. The van der Waals surface area contributed by atoms with Crippen molar-refractivity contribution in [3.8, 4) is 11.5 Å². The van der Waals surface area contributed by atoms with Gasteiger partial charge in [0.2, 0.25) is 5.91 Å². The van der Waals surface area contributed by atoms with Gasteiger partial charge in [0.05, 0.1) is 25.6 Å². The summed E-state index contributed by atoms with van der Waals surface area (Å²) in [6.45, 7) is -0.485. The van der Waals surface area contributed by atoms with Gasteiger partial charge in [-0.05, 0) is 23.3 Å². The van der Waals surface area contributed by atoms with E-state index in [9.17, 15) is 19.7 Å². The van der Waals surface area contributed by atoms with Crippen LogP contribution in [0.15, 0.2) is 42.5 Å². The lowest BCUT2D eigenvalue weighted by atomic mass is 10.1. The molecule has 0 saturated heterocycles. The Morgan fingerprint density at radius 3 is 2.25 bits per heavy atom. The smallest absolute Gasteiger partial charge is 0.323 e. The van der Waals surface area contributed by atoms with Gasteiger partial charge in [-0.3, -0.25) is 19.7 Å². The van der Waals surface area contributed by atoms with E-state index in [0.29, 0.717) is 22.6 Å². The number of nitrogens with zero attached hydrogens (tertiary/aromatic N) is 2. The van der Waals surface area contributed by atoms with E-state index in [1.807, 2.05) is 0 Å². The number of nitro benzene ring substituents is 1. The molecule has 9 heteroatoms. The number of carbonyl (C=O) groups is 2. The van der Waals surface area contributed by atoms with Crippen LogP contribution in [0, 0.1) is 10.1 Å². The van der Waals surface area contributed by atoms with E-state index in [-0.39, 0.29) is 18.7 Å². The minimum Gasteiger partial charge on any atom is -0.497 e. The highest BCUT2D eigenvalue weighted by molar-refractivity contribution is 5.83. The van der Waals surface area contributed by atoms with Gasteiger partial charge >= 0.3 is 5.97 Å². The molecule has 0 bridgehead atoms. The summed E-state index contributed by atoms with van der Waals surface area (Å²) in [5.41, 5.74) is 0.926. The molecule has 1 amide bonds. The molecular formula is C19H20N2O7. The summed E-state index contributed by atoms with van der Waals surface area (Å²) in [4.78, 5) is 35.4. The third-order valence-electron chi connectivity index (χ3n) is 3.94. The fourth-order valence-corrected chi connectivity index (χ4v) is 2.64. The second-order valence-electron chi connectivity index (χ2n) is 5.97. The second-order valence-corrected chi connectivity index (χ2v) is 5.97. The lowest BCUT2D eigenvalue weighted by molar-refractivity contribution is -0.384. The number of nitro groups is 1. The number of ether oxygens (including phenoxy) is 2. The largest absolute Gasteiger partial charge is 0.497 e. The van der Waals surface area contributed by atoms with Crippen LogP contribution in [0.4, 0.5) is 5.69 Å². The molecule has 28 heavy (non-hydrogen) atoms. The lowest BCUT2D eigenvalue weighted by Crippen LogP contribution is -2.36. The first-order valence-corrected chi connectivity index (χ1v) is 8.27. The molecule has 0 atom stereocenters. The highest BCUT2D eigenvalue weighted by atomic mass is 16.6. The fourth-order valence-electron chi connectivity index (χ4n) is 2.64. The predicted octanol–water partition coefficient (Wildman–Crippen LogP) is 2.27. The van der Waals surface area contributed by atoms with Gasteiger partial charge in [-0.25, -0.2) is 0 Å². The predicted molar refractivity (Wildman–Crippen MR) is 99.4 cm³/mol. The molecule has 0 aliphatic heterocycles. The van der Waals surface area contributed by atoms with Crippen molar-refractivity contribution in [3.63, 3.8) is 0 Å². The molecule has 9 nitrogen and oxygen atoms in total. The number of aliphatic carboxylic acids is 1. The van der Waals surface area contributed by atoms with E-state index in [0.717, 1.165) is 4.90 Å². The first-order valence-electron chi connectivity index (χ1n) is 8.27. The van der Waals surface area contributed by atoms with E-state index in [1.54, 1.807) is 24.3 Å². The number of benzene rings is 2. The van der Waals surface area contributed by atoms with Crippen molar-refractivity contribution >= 4 is 17.6 Å². The van der Waals surface area contributed by atoms with Crippen LogP contribution in [0.2, 0.25) is 0 Å². The Hall–Kier alpha value is -3.62. The summed E-state index contributed by atoms with van der Waals surface area (Å²) < 4.78 is 10.4. The molecule has 0 heterocycles. The maximum Gasteiger partial charge on any atom is 0.323 e. The van der Waals surface area contributed by atoms with Crippen LogP contribution in [0.1, 0.15) is 11.1 Å². The molecule has 0 spiro atoms. The molecule has 0 aliphatic carbocycles. The molecule has 2 aromatic carbocycles. The maximum atomic E-state index is 12.7. The molecule has 0 fully saturated rings. The zero-order valence-corrected chi connectivity index (χ0v) is 15.5. The van der Waals surface area contributed by atoms with Gasteiger partial charge < -0.3 is 19.5 Å². The van der Waals surface area contributed by atoms with E-state index in [4.69, 9.17) is 14.6 Å². The summed E-state index contributed by atoms with van der Waals surface area (Å²) >= 11 is 0. The van der Waals surface area contributed by atoms with Crippen LogP contribution in [-0.4, -0.2) is 47.6 Å². The monoisotopic (exact) mass is 388 g/mol. The van der Waals surface area contributed by atoms with E-state index in [2.05, 4.69) is 0 Å². The average Bonchev–Trinajstić information content (AvgIpc) is 2.66. The van der Waals surface area contributed by atoms with Crippen molar-refractivity contribution in [3.05, 3.63) is 63.7 Å². The molecule has 0 saturated carbocycles. The van der Waals surface area contributed by atoms with E-state index < -0.39 is 23.3 Å². The molecular weight excluding hydrogens is 368 g/mol. The quantitative estimate of drug-likeness (QED) is 0.517. The highest BCUT2D eigenvalue weighted by Crippen LogP contribution is 2.24. The van der Waals surface area contributed by atoms with Gasteiger partial charge in [0.25, 0.3) is 5.69 Å². The van der Waals surface area contributed by atoms with Crippen LogP contribution >= 0.6 is 0 Å². The zero-order chi connectivity index (χ0) is 20.7. The minimum absolute atomic E-state index is 0.0214. The third-order valence-corrected chi connectivity index (χ3v) is 3.94. The van der Waals surface area contributed by atoms with Crippen LogP contribution in [0.3, 0.4) is 0 Å². The van der Waals surface area contributed by atoms with E-state index in [1.165, 1.54) is 32.4 Å². The standard InChI is InChI=1S/C19H20N2O7/c1-27-16-7-14(8-17(10-16)28-2)11-20(12-19(23)24)18(22)9-13-4-3-5-15(6-13)21(25)26/h3-8,10H,9,11-12H2,1-2H3,(H,23,24). The Labute approximate surface area is 161 Å². The Morgan fingerprint density at radius 1 is 1.07 bits per heavy atom. The van der Waals surface area contributed by atoms with Crippen LogP contribution in [-0.2, 0) is 22.6 Å². The molecule has 2 aromatic rings. The van der Waals surface area contributed by atoms with Crippen molar-refractivity contribution in [2.24, 2.45) is 0 Å². The van der Waals surface area contributed by atoms with E-state index >= 15 is 0 Å². The molecule has 0 aliphatic rings. The normalized spacial score (nSPS) is 10.2. The Bertz CT molecular complexity index is 860. The van der Waals surface area contributed by atoms with Gasteiger partial charge in [0.1, 0.15) is 18.0 Å². The zero-order valence-electron chi connectivity index (χ0n) is 15.5. The van der Waals surface area contributed by atoms with Gasteiger partial charge in [-0.1, -0.05) is 12.1 Å². The van der Waals surface area contributed by atoms with Crippen molar-refractivity contribution in [1.29, 1.82) is 0 Å². The van der Waals surface area contributed by atoms with Gasteiger partial charge in [0.15, 0.2) is 0 Å². The molecule has 148 valence electrons. The van der Waals surface area contributed by atoms with Gasteiger partial charge in [-0.15, -0.1) is 0 Å². The number of amides is 1. The number of hydrogen-bond donors (Lipinski definition) is 1. The first kappa shape index (κ1) is 20.7. The molecule has 0 aromatic heterocycles. The number of carboxylic acids is 1. The molecule has 0 unspecified atom stereocenters. The summed E-state index contributed by atoms with van der Waals surface area (Å²) in [6, 6.07) is 10.7. The molecule has 1 N–H and O–H groups in total. The SMILES string of the molecule is COc1cc(CN(CC(=O)O)C(=O)Cc2cccc([N+](=O)[O-])c2)cc(OC)c1. The van der Waals surface area contributed by atoms with Crippen LogP contribution in [0.5, 0.6) is 11.5 Å². The third kappa shape index (κ3) is 5.70. The topological polar surface area (TPSA) is 119 Å². The van der Waals surface area contributed by atoms with Crippen molar-refractivity contribution in [2.45, 2.75) is 13.0 Å². The number of carboxylic acid groups (broad SMARTS) is 1.